The van der Waals surface area contributed by atoms with Crippen LogP contribution in [0.1, 0.15) is 39.5 Å². The minimum atomic E-state index is 0.114. The van der Waals surface area contributed by atoms with E-state index in [1.165, 1.54) is 25.7 Å². The van der Waals surface area contributed by atoms with Crippen LogP contribution in [0.15, 0.2) is 0 Å². The molecule has 0 aromatic heterocycles. The van der Waals surface area contributed by atoms with E-state index < -0.39 is 0 Å². The molecule has 1 atom stereocenters. The van der Waals surface area contributed by atoms with Crippen LogP contribution >= 0.6 is 11.8 Å². The van der Waals surface area contributed by atoms with E-state index in [1.807, 2.05) is 11.8 Å². The summed E-state index contributed by atoms with van der Waals surface area (Å²) in [7, 11) is 0. The highest BCUT2D eigenvalue weighted by atomic mass is 32.2. The maximum Gasteiger partial charge on any atom is 0.0707 e. The molecule has 0 spiro atoms. The van der Waals surface area contributed by atoms with Crippen molar-refractivity contribution < 1.29 is 4.74 Å². The Labute approximate surface area is 97.5 Å². The van der Waals surface area contributed by atoms with Gasteiger partial charge in [0.05, 0.1) is 11.7 Å². The van der Waals surface area contributed by atoms with Gasteiger partial charge in [0.25, 0.3) is 0 Å². The summed E-state index contributed by atoms with van der Waals surface area (Å²) in [6.07, 6.45) is 7.86. The average Bonchev–Trinajstić information content (AvgIpc) is 2.87. The van der Waals surface area contributed by atoms with E-state index in [4.69, 9.17) is 4.74 Å². The van der Waals surface area contributed by atoms with E-state index in [0.717, 1.165) is 13.1 Å². The van der Waals surface area contributed by atoms with Gasteiger partial charge in [0.1, 0.15) is 0 Å². The second-order valence-electron chi connectivity index (χ2n) is 5.56. The first-order chi connectivity index (χ1) is 7.05. The van der Waals surface area contributed by atoms with E-state index in [0.29, 0.717) is 10.9 Å². The normalized spacial score (nSPS) is 31.8. The van der Waals surface area contributed by atoms with Gasteiger partial charge < -0.3 is 10.1 Å². The monoisotopic (exact) mass is 229 g/mol. The molecule has 1 unspecified atom stereocenters. The molecule has 1 aliphatic heterocycles. The maximum atomic E-state index is 5.95. The first-order valence-corrected chi connectivity index (χ1v) is 7.21. The van der Waals surface area contributed by atoms with Crippen LogP contribution in [0.5, 0.6) is 0 Å². The summed E-state index contributed by atoms with van der Waals surface area (Å²) in [6, 6.07) is 0. The molecule has 2 rings (SSSR count). The molecular weight excluding hydrogens is 206 g/mol. The van der Waals surface area contributed by atoms with Crippen molar-refractivity contribution in [3.05, 3.63) is 0 Å². The van der Waals surface area contributed by atoms with Crippen LogP contribution in [0, 0.1) is 0 Å². The molecule has 0 bridgehead atoms. The number of thioether (sulfide) groups is 1. The summed E-state index contributed by atoms with van der Waals surface area (Å²) in [5, 5.41) is 3.57. The van der Waals surface area contributed by atoms with Crippen LogP contribution in [-0.4, -0.2) is 35.8 Å². The van der Waals surface area contributed by atoms with E-state index in [9.17, 15) is 0 Å². The maximum absolute atomic E-state index is 5.95. The zero-order chi connectivity index (χ0) is 10.9. The molecule has 1 N–H and O–H groups in total. The van der Waals surface area contributed by atoms with E-state index >= 15 is 0 Å². The summed E-state index contributed by atoms with van der Waals surface area (Å²) in [6.45, 7) is 6.58. The quantitative estimate of drug-likeness (QED) is 0.782. The van der Waals surface area contributed by atoms with E-state index in [1.54, 1.807) is 0 Å². The van der Waals surface area contributed by atoms with Gasteiger partial charge in [0.15, 0.2) is 0 Å². The van der Waals surface area contributed by atoms with Crippen molar-refractivity contribution in [3.8, 4) is 0 Å². The van der Waals surface area contributed by atoms with E-state index in [2.05, 4.69) is 25.4 Å². The van der Waals surface area contributed by atoms with Gasteiger partial charge >= 0.3 is 0 Å². The molecule has 0 amide bonds. The van der Waals surface area contributed by atoms with Crippen molar-refractivity contribution in [2.75, 3.05) is 19.3 Å². The van der Waals surface area contributed by atoms with Crippen LogP contribution < -0.4 is 5.32 Å². The zero-order valence-corrected chi connectivity index (χ0v) is 11.0. The largest absolute Gasteiger partial charge is 0.371 e. The Morgan fingerprint density at radius 1 is 1.33 bits per heavy atom. The molecule has 2 fully saturated rings. The Morgan fingerprint density at radius 3 is 2.53 bits per heavy atom. The topological polar surface area (TPSA) is 21.3 Å². The molecule has 3 heteroatoms. The molecule has 2 nitrogen and oxygen atoms in total. The van der Waals surface area contributed by atoms with Gasteiger partial charge in [-0.25, -0.2) is 0 Å². The van der Waals surface area contributed by atoms with Crippen molar-refractivity contribution in [1.29, 1.82) is 0 Å². The summed E-state index contributed by atoms with van der Waals surface area (Å²) < 4.78 is 6.53. The summed E-state index contributed by atoms with van der Waals surface area (Å²) in [4.78, 5) is 0. The highest BCUT2D eigenvalue weighted by Gasteiger charge is 2.41. The van der Waals surface area contributed by atoms with Gasteiger partial charge in [0.2, 0.25) is 0 Å². The molecular formula is C12H23NOS. The third-order valence-electron chi connectivity index (χ3n) is 3.61. The van der Waals surface area contributed by atoms with Crippen molar-refractivity contribution >= 4 is 11.8 Å². The van der Waals surface area contributed by atoms with Crippen molar-refractivity contribution in [2.45, 2.75) is 56.0 Å². The molecule has 88 valence electrons. The Morgan fingerprint density at radius 2 is 2.07 bits per heavy atom. The number of ether oxygens (including phenoxy) is 1. The number of hydrogen-bond donors (Lipinski definition) is 1. The molecule has 1 heterocycles. The number of hydrogen-bond acceptors (Lipinski definition) is 3. The van der Waals surface area contributed by atoms with E-state index in [-0.39, 0.29) is 5.60 Å². The van der Waals surface area contributed by atoms with Gasteiger partial charge in [-0.1, -0.05) is 0 Å². The average molecular weight is 229 g/mol. The minimum Gasteiger partial charge on any atom is -0.371 e. The summed E-state index contributed by atoms with van der Waals surface area (Å²) >= 11 is 2.02. The van der Waals surface area contributed by atoms with Crippen LogP contribution in [-0.2, 0) is 4.74 Å². The summed E-state index contributed by atoms with van der Waals surface area (Å²) in [5.41, 5.74) is 0.114. The lowest BCUT2D eigenvalue weighted by molar-refractivity contribution is -0.0141. The van der Waals surface area contributed by atoms with Crippen LogP contribution in [0.3, 0.4) is 0 Å². The molecule has 1 saturated carbocycles. The smallest absolute Gasteiger partial charge is 0.0707 e. The Balaban J connectivity index is 1.63. The third kappa shape index (κ3) is 3.11. The first-order valence-electron chi connectivity index (χ1n) is 5.99. The van der Waals surface area contributed by atoms with Gasteiger partial charge in [-0.05, 0) is 45.8 Å². The van der Waals surface area contributed by atoms with Crippen LogP contribution in [0.2, 0.25) is 0 Å². The molecule has 0 radical (unpaired) electrons. The zero-order valence-electron chi connectivity index (χ0n) is 10.1. The highest BCUT2D eigenvalue weighted by Crippen LogP contribution is 2.46. The molecule has 1 aliphatic carbocycles. The number of rotatable bonds is 5. The molecule has 1 saturated heterocycles. The fourth-order valence-electron chi connectivity index (χ4n) is 2.27. The number of nitrogens with one attached hydrogen (secondary N) is 1. The Bertz CT molecular complexity index is 226. The van der Waals surface area contributed by atoms with Gasteiger partial charge in [-0.2, -0.15) is 11.8 Å². The SMILES string of the molecule is CSC1(CNCC2CCC(C)(C)O2)CC1. The fraction of sp³-hybridized carbons (Fsp3) is 1.00. The van der Waals surface area contributed by atoms with Crippen molar-refractivity contribution in [3.63, 3.8) is 0 Å². The highest BCUT2D eigenvalue weighted by molar-refractivity contribution is 8.00. The minimum absolute atomic E-state index is 0.114. The second-order valence-corrected chi connectivity index (χ2v) is 6.83. The van der Waals surface area contributed by atoms with Gasteiger partial charge in [-0.15, -0.1) is 0 Å². The molecule has 0 aromatic rings. The lowest BCUT2D eigenvalue weighted by Crippen LogP contribution is -2.34. The molecule has 2 aliphatic rings. The lowest BCUT2D eigenvalue weighted by atomic mass is 10.1. The predicted molar refractivity (Wildman–Crippen MR) is 66.5 cm³/mol. The standard InChI is InChI=1S/C12H23NOS/c1-11(2)5-4-10(14-11)8-13-9-12(15-3)6-7-12/h10,13H,4-9H2,1-3H3. The third-order valence-corrected chi connectivity index (χ3v) is 5.03. The van der Waals surface area contributed by atoms with Crippen molar-refractivity contribution in [2.24, 2.45) is 0 Å². The Kier molecular flexibility index (Phi) is 3.34. The van der Waals surface area contributed by atoms with Gasteiger partial charge in [0, 0.05) is 17.8 Å². The first kappa shape index (κ1) is 11.7. The fourth-order valence-corrected chi connectivity index (χ4v) is 3.03. The summed E-state index contributed by atoms with van der Waals surface area (Å²) in [5.74, 6) is 0. The van der Waals surface area contributed by atoms with Crippen LogP contribution in [0.4, 0.5) is 0 Å². The van der Waals surface area contributed by atoms with Crippen LogP contribution in [0.25, 0.3) is 0 Å². The molecule has 15 heavy (non-hydrogen) atoms. The second kappa shape index (κ2) is 4.27. The molecule has 0 aromatic carbocycles. The van der Waals surface area contributed by atoms with Gasteiger partial charge in [-0.3, -0.25) is 0 Å². The lowest BCUT2D eigenvalue weighted by Gasteiger charge is -2.20. The Hall–Kier alpha value is 0.270. The predicted octanol–water partition coefficient (Wildman–Crippen LogP) is 2.43. The van der Waals surface area contributed by atoms with Crippen molar-refractivity contribution in [1.82, 2.24) is 5.32 Å².